The largest absolute Gasteiger partial charge is 0.406 e. The molecule has 0 atom stereocenters. The molecule has 1 fully saturated rings. The predicted octanol–water partition coefficient (Wildman–Crippen LogP) is 1.07. The summed E-state index contributed by atoms with van der Waals surface area (Å²) in [6, 6.07) is 0. The van der Waals surface area contributed by atoms with Crippen molar-refractivity contribution in [2.75, 3.05) is 31.6 Å². The molecule has 19 heavy (non-hydrogen) atoms. The lowest BCUT2D eigenvalue weighted by Gasteiger charge is -2.32. The van der Waals surface area contributed by atoms with E-state index in [2.05, 4.69) is 15.2 Å². The van der Waals surface area contributed by atoms with Crippen molar-refractivity contribution >= 4 is 11.6 Å². The first-order valence-corrected chi connectivity index (χ1v) is 6.61. The second-order valence-corrected chi connectivity index (χ2v) is 5.11. The molecule has 1 saturated heterocycles. The van der Waals surface area contributed by atoms with Crippen molar-refractivity contribution in [3.63, 3.8) is 0 Å². The monoisotopic (exact) mass is 267 g/mol. The van der Waals surface area contributed by atoms with E-state index < -0.39 is 0 Å². The van der Waals surface area contributed by atoms with Gasteiger partial charge in [0, 0.05) is 27.1 Å². The second kappa shape index (κ2) is 5.56. The second-order valence-electron chi connectivity index (χ2n) is 5.11. The van der Waals surface area contributed by atoms with Crippen LogP contribution >= 0.6 is 0 Å². The molecule has 0 bridgehead atoms. The Morgan fingerprint density at radius 3 is 2.63 bits per heavy atom. The van der Waals surface area contributed by atoms with Crippen LogP contribution in [0.3, 0.4) is 0 Å². The molecule has 0 spiro atoms. The number of rotatable bonds is 4. The standard InChI is InChI=1S/C12H21N5O2/c1-9-14-11(17(18)19)12(15(9)3)16-6-4-10(5-7-16)8-13-2/h10,13H,4-8H2,1-3H3. The van der Waals surface area contributed by atoms with Gasteiger partial charge in [0.25, 0.3) is 0 Å². The fourth-order valence-corrected chi connectivity index (χ4v) is 2.70. The van der Waals surface area contributed by atoms with Crippen LogP contribution in [0.2, 0.25) is 0 Å². The van der Waals surface area contributed by atoms with Crippen molar-refractivity contribution in [2.45, 2.75) is 19.8 Å². The smallest absolute Gasteiger partial charge is 0.358 e. The summed E-state index contributed by atoms with van der Waals surface area (Å²) in [4.78, 5) is 16.8. The van der Waals surface area contributed by atoms with Crippen LogP contribution in [0.15, 0.2) is 0 Å². The van der Waals surface area contributed by atoms with E-state index in [-0.39, 0.29) is 10.7 Å². The van der Waals surface area contributed by atoms with Gasteiger partial charge in [-0.25, -0.2) is 0 Å². The summed E-state index contributed by atoms with van der Waals surface area (Å²) >= 11 is 0. The van der Waals surface area contributed by atoms with Gasteiger partial charge in [-0.15, -0.1) is 0 Å². The molecule has 1 aromatic heterocycles. The Bertz CT molecular complexity index is 463. The van der Waals surface area contributed by atoms with E-state index in [0.717, 1.165) is 32.5 Å². The number of imidazole rings is 1. The molecule has 0 saturated carbocycles. The quantitative estimate of drug-likeness (QED) is 0.652. The lowest BCUT2D eigenvalue weighted by Crippen LogP contribution is -2.37. The van der Waals surface area contributed by atoms with Crippen molar-refractivity contribution in [1.29, 1.82) is 0 Å². The van der Waals surface area contributed by atoms with Crippen LogP contribution in [0.1, 0.15) is 18.7 Å². The molecule has 0 amide bonds. The maximum absolute atomic E-state index is 11.1. The average Bonchev–Trinajstić information content (AvgIpc) is 2.68. The third-order valence-corrected chi connectivity index (χ3v) is 3.85. The van der Waals surface area contributed by atoms with Crippen molar-refractivity contribution < 1.29 is 4.92 Å². The normalized spacial score (nSPS) is 16.9. The summed E-state index contributed by atoms with van der Waals surface area (Å²) in [6.45, 7) is 4.52. The molecule has 2 heterocycles. The van der Waals surface area contributed by atoms with Gasteiger partial charge in [-0.05, 0) is 42.3 Å². The molecule has 1 aliphatic heterocycles. The van der Waals surface area contributed by atoms with Gasteiger partial charge in [0.1, 0.15) is 0 Å². The summed E-state index contributed by atoms with van der Waals surface area (Å²) in [5.41, 5.74) is 0. The molecule has 7 nitrogen and oxygen atoms in total. The van der Waals surface area contributed by atoms with E-state index in [4.69, 9.17) is 0 Å². The molecular weight excluding hydrogens is 246 g/mol. The first-order chi connectivity index (χ1) is 9.04. The summed E-state index contributed by atoms with van der Waals surface area (Å²) in [6.07, 6.45) is 2.12. The number of aryl methyl sites for hydroxylation is 1. The van der Waals surface area contributed by atoms with Gasteiger partial charge in [-0.1, -0.05) is 0 Å². The van der Waals surface area contributed by atoms with Crippen molar-refractivity contribution in [1.82, 2.24) is 14.9 Å². The zero-order valence-corrected chi connectivity index (χ0v) is 11.7. The lowest BCUT2D eigenvalue weighted by atomic mass is 9.97. The fourth-order valence-electron chi connectivity index (χ4n) is 2.70. The van der Waals surface area contributed by atoms with E-state index in [9.17, 15) is 10.1 Å². The molecule has 0 aromatic carbocycles. The molecule has 0 unspecified atom stereocenters. The first kappa shape index (κ1) is 13.8. The first-order valence-electron chi connectivity index (χ1n) is 6.61. The summed E-state index contributed by atoms with van der Waals surface area (Å²) in [7, 11) is 3.80. The van der Waals surface area contributed by atoms with Crippen LogP contribution in [0.25, 0.3) is 0 Å². The number of aromatic nitrogens is 2. The summed E-state index contributed by atoms with van der Waals surface area (Å²) in [5.74, 6) is 1.96. The van der Waals surface area contributed by atoms with E-state index in [1.54, 1.807) is 6.92 Å². The SMILES string of the molecule is CNCC1CCN(c2c([N+](=O)[O-])nc(C)n2C)CC1. The Kier molecular flexibility index (Phi) is 4.04. The van der Waals surface area contributed by atoms with Crippen molar-refractivity contribution in [2.24, 2.45) is 13.0 Å². The van der Waals surface area contributed by atoms with Crippen LogP contribution < -0.4 is 10.2 Å². The van der Waals surface area contributed by atoms with E-state index in [0.29, 0.717) is 17.6 Å². The van der Waals surface area contributed by atoms with Gasteiger partial charge < -0.3 is 20.3 Å². The highest BCUT2D eigenvalue weighted by molar-refractivity contribution is 5.56. The highest BCUT2D eigenvalue weighted by atomic mass is 16.6. The lowest BCUT2D eigenvalue weighted by molar-refractivity contribution is -0.388. The molecule has 1 aliphatic rings. The predicted molar refractivity (Wildman–Crippen MR) is 73.5 cm³/mol. The Morgan fingerprint density at radius 2 is 2.11 bits per heavy atom. The van der Waals surface area contributed by atoms with Gasteiger partial charge in [0.05, 0.1) is 0 Å². The minimum absolute atomic E-state index is 0.0212. The zero-order valence-electron chi connectivity index (χ0n) is 11.7. The Morgan fingerprint density at radius 1 is 1.47 bits per heavy atom. The maximum Gasteiger partial charge on any atom is 0.406 e. The van der Waals surface area contributed by atoms with Gasteiger partial charge in [0.2, 0.25) is 11.6 Å². The summed E-state index contributed by atoms with van der Waals surface area (Å²) in [5, 5.41) is 14.3. The molecule has 0 radical (unpaired) electrons. The number of nitrogens with one attached hydrogen (secondary N) is 1. The highest BCUT2D eigenvalue weighted by Crippen LogP contribution is 2.31. The zero-order chi connectivity index (χ0) is 14.0. The number of piperidine rings is 1. The molecule has 1 aromatic rings. The van der Waals surface area contributed by atoms with Crippen LogP contribution in [0.4, 0.5) is 11.6 Å². The summed E-state index contributed by atoms with van der Waals surface area (Å²) < 4.78 is 1.82. The van der Waals surface area contributed by atoms with E-state index in [1.165, 1.54) is 0 Å². The maximum atomic E-state index is 11.1. The van der Waals surface area contributed by atoms with Crippen LogP contribution in [-0.2, 0) is 7.05 Å². The van der Waals surface area contributed by atoms with Crippen molar-refractivity contribution in [3.8, 4) is 0 Å². The van der Waals surface area contributed by atoms with Gasteiger partial charge in [0.15, 0.2) is 0 Å². The van der Waals surface area contributed by atoms with Crippen LogP contribution in [0, 0.1) is 23.0 Å². The molecule has 106 valence electrons. The minimum atomic E-state index is -0.387. The van der Waals surface area contributed by atoms with Gasteiger partial charge in [-0.2, -0.15) is 0 Å². The third-order valence-electron chi connectivity index (χ3n) is 3.85. The molecule has 1 N–H and O–H groups in total. The average molecular weight is 267 g/mol. The van der Waals surface area contributed by atoms with Gasteiger partial charge >= 0.3 is 5.82 Å². The van der Waals surface area contributed by atoms with Crippen LogP contribution in [-0.4, -0.2) is 41.2 Å². The Labute approximate surface area is 112 Å². The van der Waals surface area contributed by atoms with E-state index in [1.807, 2.05) is 18.7 Å². The number of nitro groups is 1. The highest BCUT2D eigenvalue weighted by Gasteiger charge is 2.30. The molecular formula is C12H21N5O2. The third kappa shape index (κ3) is 2.70. The number of nitrogens with zero attached hydrogens (tertiary/aromatic N) is 4. The van der Waals surface area contributed by atoms with Crippen LogP contribution in [0.5, 0.6) is 0 Å². The number of hydrogen-bond donors (Lipinski definition) is 1. The molecule has 0 aliphatic carbocycles. The topological polar surface area (TPSA) is 76.2 Å². The van der Waals surface area contributed by atoms with Crippen molar-refractivity contribution in [3.05, 3.63) is 15.9 Å². The fraction of sp³-hybridized carbons (Fsp3) is 0.750. The van der Waals surface area contributed by atoms with E-state index >= 15 is 0 Å². The number of hydrogen-bond acceptors (Lipinski definition) is 5. The Balaban J connectivity index is 2.17. The molecule has 7 heteroatoms. The minimum Gasteiger partial charge on any atom is -0.358 e. The molecule has 2 rings (SSSR count). The van der Waals surface area contributed by atoms with Gasteiger partial charge in [-0.3, -0.25) is 4.57 Å². The Hall–Kier alpha value is -1.63. The number of anilines is 1.